The monoisotopic (exact) mass is 438 g/mol. The number of carbonyl (C=O) groups excluding carboxylic acids is 2. The van der Waals surface area contributed by atoms with E-state index in [0.717, 1.165) is 29.5 Å². The Morgan fingerprint density at radius 2 is 2.09 bits per heavy atom. The molecule has 11 heteroatoms. The van der Waals surface area contributed by atoms with Crippen LogP contribution in [-0.4, -0.2) is 67.2 Å². The Morgan fingerprint density at radius 3 is 2.81 bits per heavy atom. The van der Waals surface area contributed by atoms with Crippen LogP contribution in [0.5, 0.6) is 0 Å². The lowest BCUT2D eigenvalue weighted by Crippen LogP contribution is -2.55. The molecule has 11 nitrogen and oxygen atoms in total. The van der Waals surface area contributed by atoms with Crippen LogP contribution in [0.3, 0.4) is 0 Å². The van der Waals surface area contributed by atoms with Crippen molar-refractivity contribution in [1.29, 1.82) is 0 Å². The molecule has 2 atom stereocenters. The van der Waals surface area contributed by atoms with Crippen molar-refractivity contribution in [2.45, 2.75) is 37.6 Å². The van der Waals surface area contributed by atoms with Gasteiger partial charge in [0.1, 0.15) is 6.61 Å². The lowest BCUT2D eigenvalue weighted by atomic mass is 9.98. The summed E-state index contributed by atoms with van der Waals surface area (Å²) >= 11 is 0. The Labute approximate surface area is 182 Å². The van der Waals surface area contributed by atoms with Gasteiger partial charge in [-0.05, 0) is 36.6 Å². The van der Waals surface area contributed by atoms with E-state index in [1.807, 2.05) is 18.2 Å². The third-order valence-corrected chi connectivity index (χ3v) is 5.33. The molecular weight excluding hydrogens is 416 g/mol. The molecule has 3 aromatic heterocycles. The average molecular weight is 438 g/mol. The van der Waals surface area contributed by atoms with Crippen molar-refractivity contribution in [3.8, 4) is 0 Å². The summed E-state index contributed by atoms with van der Waals surface area (Å²) in [4.78, 5) is 44.1. The number of H-pyrrole nitrogens is 1. The fourth-order valence-corrected chi connectivity index (χ4v) is 3.83. The highest BCUT2D eigenvalue weighted by molar-refractivity contribution is 5.87. The van der Waals surface area contributed by atoms with Crippen LogP contribution in [0, 0.1) is 0 Å². The second-order valence-corrected chi connectivity index (χ2v) is 7.39. The van der Waals surface area contributed by atoms with Gasteiger partial charge in [0.25, 0.3) is 12.4 Å². The Kier molecular flexibility index (Phi) is 6.36. The van der Waals surface area contributed by atoms with Crippen molar-refractivity contribution < 1.29 is 24.2 Å². The molecule has 32 heavy (non-hydrogen) atoms. The molecule has 1 saturated carbocycles. The zero-order valence-corrected chi connectivity index (χ0v) is 17.0. The number of ether oxygens (including phenoxy) is 1. The number of aromatic amines is 1. The van der Waals surface area contributed by atoms with E-state index in [-0.39, 0.29) is 37.5 Å². The summed E-state index contributed by atoms with van der Waals surface area (Å²) in [7, 11) is 0. The van der Waals surface area contributed by atoms with Crippen molar-refractivity contribution in [2.24, 2.45) is 0 Å². The SMILES string of the molecule is O=C(NCc1[nH]nc2ncccc12)[C@H]1OCC(=O)N(C2CC2)[C@@H]1c1cccnc1.O=CO. The number of pyridine rings is 2. The maximum Gasteiger partial charge on any atom is 0.290 e. The van der Waals surface area contributed by atoms with Gasteiger partial charge in [-0.2, -0.15) is 5.10 Å². The minimum absolute atomic E-state index is 0.0870. The van der Waals surface area contributed by atoms with Gasteiger partial charge >= 0.3 is 0 Å². The average Bonchev–Trinajstić information content (AvgIpc) is 3.57. The van der Waals surface area contributed by atoms with Crippen LogP contribution in [0.25, 0.3) is 11.0 Å². The molecule has 4 heterocycles. The molecule has 0 spiro atoms. The number of nitrogens with one attached hydrogen (secondary N) is 2. The van der Waals surface area contributed by atoms with Crippen molar-refractivity contribution in [1.82, 2.24) is 30.4 Å². The second kappa shape index (κ2) is 9.52. The molecular formula is C21H22N6O5. The van der Waals surface area contributed by atoms with Crippen molar-refractivity contribution in [3.63, 3.8) is 0 Å². The lowest BCUT2D eigenvalue weighted by molar-refractivity contribution is -0.165. The largest absolute Gasteiger partial charge is 0.483 e. The Bertz CT molecular complexity index is 1100. The predicted molar refractivity (Wildman–Crippen MR) is 111 cm³/mol. The Balaban J connectivity index is 0.000000775. The summed E-state index contributed by atoms with van der Waals surface area (Å²) in [6, 6.07) is 7.08. The minimum Gasteiger partial charge on any atom is -0.483 e. The number of fused-ring (bicyclic) bond motifs is 1. The number of hydrogen-bond acceptors (Lipinski definition) is 7. The third-order valence-electron chi connectivity index (χ3n) is 5.33. The molecule has 0 bridgehead atoms. The van der Waals surface area contributed by atoms with Gasteiger partial charge in [0, 0.05) is 30.0 Å². The molecule has 3 N–H and O–H groups in total. The van der Waals surface area contributed by atoms with Crippen LogP contribution >= 0.6 is 0 Å². The standard InChI is InChI=1S/C20H20N6O3.CH2O2/c27-16-11-29-18(17(26(16)13-5-6-13)12-3-1-7-21-9-12)20(28)23-10-15-14-4-2-8-22-19(14)25-24-15;2-1-3/h1-4,7-9,13,17-18H,5-6,10-11H2,(H,23,28)(H,22,24,25);1H,(H,2,3)/t17-,18+;/m1./s1. The molecule has 2 fully saturated rings. The molecule has 166 valence electrons. The van der Waals surface area contributed by atoms with Gasteiger partial charge in [0.05, 0.1) is 18.3 Å². The molecule has 5 rings (SSSR count). The maximum atomic E-state index is 13.1. The first-order valence-corrected chi connectivity index (χ1v) is 10.1. The summed E-state index contributed by atoms with van der Waals surface area (Å²) in [5.41, 5.74) is 2.17. The fraction of sp³-hybridized carbons (Fsp3) is 0.333. The number of rotatable bonds is 5. The first-order valence-electron chi connectivity index (χ1n) is 10.1. The number of nitrogens with zero attached hydrogens (tertiary/aromatic N) is 4. The molecule has 2 aliphatic rings. The predicted octanol–water partition coefficient (Wildman–Crippen LogP) is 0.801. The van der Waals surface area contributed by atoms with Gasteiger partial charge in [-0.3, -0.25) is 24.5 Å². The minimum atomic E-state index is -0.801. The molecule has 1 aliphatic carbocycles. The molecule has 1 aliphatic heterocycles. The first-order chi connectivity index (χ1) is 15.6. The van der Waals surface area contributed by atoms with E-state index in [2.05, 4.69) is 25.5 Å². The summed E-state index contributed by atoms with van der Waals surface area (Å²) in [5.74, 6) is -0.361. The van der Waals surface area contributed by atoms with Gasteiger partial charge in [0.15, 0.2) is 11.8 Å². The molecule has 1 saturated heterocycles. The number of carbonyl (C=O) groups is 3. The summed E-state index contributed by atoms with van der Waals surface area (Å²) in [6.45, 7) is -0.0831. The highest BCUT2D eigenvalue weighted by Gasteiger charge is 2.47. The second-order valence-electron chi connectivity index (χ2n) is 7.39. The molecule has 3 aromatic rings. The maximum absolute atomic E-state index is 13.1. The molecule has 0 radical (unpaired) electrons. The van der Waals surface area contributed by atoms with E-state index in [1.165, 1.54) is 0 Å². The molecule has 0 aromatic carbocycles. The summed E-state index contributed by atoms with van der Waals surface area (Å²) < 4.78 is 5.72. The molecule has 2 amide bonds. The van der Waals surface area contributed by atoms with Crippen LogP contribution in [0.15, 0.2) is 42.9 Å². The topological polar surface area (TPSA) is 150 Å². The van der Waals surface area contributed by atoms with Crippen LogP contribution in [0.1, 0.15) is 30.1 Å². The van der Waals surface area contributed by atoms with E-state index in [9.17, 15) is 9.59 Å². The lowest BCUT2D eigenvalue weighted by Gasteiger charge is -2.40. The van der Waals surface area contributed by atoms with Crippen LogP contribution in [0.4, 0.5) is 0 Å². The Hall–Kier alpha value is -3.86. The van der Waals surface area contributed by atoms with E-state index >= 15 is 0 Å². The first kappa shape index (κ1) is 21.4. The number of hydrogen-bond donors (Lipinski definition) is 3. The van der Waals surface area contributed by atoms with Gasteiger partial charge in [-0.15, -0.1) is 0 Å². The number of aromatic nitrogens is 4. The Morgan fingerprint density at radius 1 is 1.31 bits per heavy atom. The zero-order chi connectivity index (χ0) is 22.5. The zero-order valence-electron chi connectivity index (χ0n) is 17.0. The normalized spacial score (nSPS) is 20.4. The third kappa shape index (κ3) is 4.42. The van der Waals surface area contributed by atoms with Gasteiger partial charge in [-0.25, -0.2) is 4.98 Å². The van der Waals surface area contributed by atoms with Crippen LogP contribution < -0.4 is 5.32 Å². The summed E-state index contributed by atoms with van der Waals surface area (Å²) in [6.07, 6.45) is 6.13. The van der Waals surface area contributed by atoms with E-state index in [1.54, 1.807) is 29.6 Å². The van der Waals surface area contributed by atoms with Gasteiger partial charge in [0.2, 0.25) is 5.91 Å². The highest BCUT2D eigenvalue weighted by atomic mass is 16.5. The van der Waals surface area contributed by atoms with Gasteiger partial charge in [-0.1, -0.05) is 6.07 Å². The smallest absolute Gasteiger partial charge is 0.290 e. The van der Waals surface area contributed by atoms with Crippen molar-refractivity contribution in [3.05, 3.63) is 54.1 Å². The van der Waals surface area contributed by atoms with E-state index < -0.39 is 12.1 Å². The fourth-order valence-electron chi connectivity index (χ4n) is 3.83. The highest BCUT2D eigenvalue weighted by Crippen LogP contribution is 2.39. The van der Waals surface area contributed by atoms with Crippen molar-refractivity contribution in [2.75, 3.05) is 6.61 Å². The quantitative estimate of drug-likeness (QED) is 0.495. The van der Waals surface area contributed by atoms with Crippen LogP contribution in [0.2, 0.25) is 0 Å². The van der Waals surface area contributed by atoms with Gasteiger partial charge < -0.3 is 20.1 Å². The van der Waals surface area contributed by atoms with Crippen LogP contribution in [-0.2, 0) is 25.7 Å². The number of amides is 2. The van der Waals surface area contributed by atoms with E-state index in [0.29, 0.717) is 5.65 Å². The van der Waals surface area contributed by atoms with Crippen molar-refractivity contribution >= 4 is 29.3 Å². The van der Waals surface area contributed by atoms with E-state index in [4.69, 9.17) is 14.6 Å². The molecule has 0 unspecified atom stereocenters. The number of morpholine rings is 1. The summed E-state index contributed by atoms with van der Waals surface area (Å²) in [5, 5.41) is 17.7. The number of carboxylic acid groups (broad SMARTS) is 1.